The van der Waals surface area contributed by atoms with Crippen molar-refractivity contribution in [3.8, 4) is 0 Å². The van der Waals surface area contributed by atoms with E-state index < -0.39 is 11.7 Å². The molecule has 0 saturated heterocycles. The first kappa shape index (κ1) is 13.5. The first-order valence-corrected chi connectivity index (χ1v) is 7.15. The van der Waals surface area contributed by atoms with Crippen LogP contribution in [0.25, 0.3) is 0 Å². The van der Waals surface area contributed by atoms with E-state index in [0.29, 0.717) is 18.3 Å². The monoisotopic (exact) mass is 312 g/mol. The van der Waals surface area contributed by atoms with Crippen LogP contribution in [0, 0.1) is 5.82 Å². The van der Waals surface area contributed by atoms with Crippen molar-refractivity contribution >= 4 is 34.0 Å². The minimum atomic E-state index is -0.478. The quantitative estimate of drug-likeness (QED) is 0.926. The summed E-state index contributed by atoms with van der Waals surface area (Å²) in [5.74, 6) is -0.879. The Hall–Kier alpha value is -1.50. The molecule has 1 N–H and O–H groups in total. The van der Waals surface area contributed by atoms with Gasteiger partial charge in [-0.05, 0) is 18.2 Å². The van der Waals surface area contributed by atoms with Crippen molar-refractivity contribution in [3.63, 3.8) is 0 Å². The van der Waals surface area contributed by atoms with Gasteiger partial charge < -0.3 is 4.74 Å². The van der Waals surface area contributed by atoms with Crippen LogP contribution in [0.2, 0.25) is 5.02 Å². The van der Waals surface area contributed by atoms with Crippen LogP contribution in [0.15, 0.2) is 18.2 Å². The Bertz CT molecular complexity index is 651. The summed E-state index contributed by atoms with van der Waals surface area (Å²) < 4.78 is 18.3. The number of halogens is 2. The number of rotatable bonds is 2. The highest BCUT2D eigenvalue weighted by molar-refractivity contribution is 7.15. The smallest absolute Gasteiger partial charge is 0.258 e. The third kappa shape index (κ3) is 2.67. The second-order valence-corrected chi connectivity index (χ2v) is 5.76. The summed E-state index contributed by atoms with van der Waals surface area (Å²) in [6, 6.07) is 3.66. The minimum Gasteiger partial charge on any atom is -0.375 e. The Morgan fingerprint density at radius 2 is 2.35 bits per heavy atom. The van der Waals surface area contributed by atoms with E-state index in [9.17, 15) is 9.18 Å². The summed E-state index contributed by atoms with van der Waals surface area (Å²) in [5.41, 5.74) is 1.18. The average Bonchev–Trinajstić information content (AvgIpc) is 2.80. The van der Waals surface area contributed by atoms with Crippen molar-refractivity contribution in [2.45, 2.75) is 13.0 Å². The van der Waals surface area contributed by atoms with Gasteiger partial charge in [0.1, 0.15) is 5.82 Å². The highest BCUT2D eigenvalue weighted by Crippen LogP contribution is 2.28. The third-order valence-electron chi connectivity index (χ3n) is 2.89. The maximum Gasteiger partial charge on any atom is 0.258 e. The molecule has 1 aliphatic rings. The molecule has 1 aromatic heterocycles. The molecule has 0 aliphatic carbocycles. The molecule has 0 unspecified atom stereocenters. The Kier molecular flexibility index (Phi) is 3.69. The summed E-state index contributed by atoms with van der Waals surface area (Å²) in [6.07, 6.45) is 0.749. The van der Waals surface area contributed by atoms with Crippen LogP contribution in [0.4, 0.5) is 9.52 Å². The van der Waals surface area contributed by atoms with E-state index in [1.165, 1.54) is 23.5 Å². The molecule has 0 spiro atoms. The fraction of sp³-hybridized carbons (Fsp3) is 0.231. The Morgan fingerprint density at radius 3 is 3.10 bits per heavy atom. The molecule has 1 aromatic carbocycles. The van der Waals surface area contributed by atoms with E-state index in [1.54, 1.807) is 0 Å². The van der Waals surface area contributed by atoms with Gasteiger partial charge in [0.2, 0.25) is 0 Å². The molecule has 104 valence electrons. The molecular formula is C13H10ClFN2O2S. The number of carbonyl (C=O) groups excluding carboxylic acids is 1. The predicted molar refractivity (Wildman–Crippen MR) is 74.8 cm³/mol. The van der Waals surface area contributed by atoms with Gasteiger partial charge in [0.05, 0.1) is 34.4 Å². The van der Waals surface area contributed by atoms with Gasteiger partial charge in [-0.1, -0.05) is 22.9 Å². The standard InChI is InChI=1S/C13H10ClFN2O2S/c14-9-5-7(15)1-2-8(9)12(18)17-13-16-10-3-4-19-6-11(10)20-13/h1-2,5H,3-4,6H2,(H,16,17,18). The molecule has 20 heavy (non-hydrogen) atoms. The van der Waals surface area contributed by atoms with Crippen LogP contribution < -0.4 is 5.32 Å². The second-order valence-electron chi connectivity index (χ2n) is 4.27. The van der Waals surface area contributed by atoms with Crippen LogP contribution >= 0.6 is 22.9 Å². The number of aromatic nitrogens is 1. The zero-order chi connectivity index (χ0) is 14.1. The molecule has 0 radical (unpaired) electrons. The molecule has 0 fully saturated rings. The highest BCUT2D eigenvalue weighted by atomic mass is 35.5. The van der Waals surface area contributed by atoms with Crippen molar-refractivity contribution in [2.75, 3.05) is 11.9 Å². The van der Waals surface area contributed by atoms with Crippen LogP contribution in [0.5, 0.6) is 0 Å². The van der Waals surface area contributed by atoms with Gasteiger partial charge in [0.25, 0.3) is 5.91 Å². The molecule has 4 nitrogen and oxygen atoms in total. The Balaban J connectivity index is 1.80. The van der Waals surface area contributed by atoms with Crippen molar-refractivity contribution in [1.82, 2.24) is 4.98 Å². The van der Waals surface area contributed by atoms with Crippen molar-refractivity contribution in [2.24, 2.45) is 0 Å². The summed E-state index contributed by atoms with van der Waals surface area (Å²) in [6.45, 7) is 1.17. The predicted octanol–water partition coefficient (Wildman–Crippen LogP) is 3.26. The summed E-state index contributed by atoms with van der Waals surface area (Å²) in [7, 11) is 0. The van der Waals surface area contributed by atoms with E-state index in [0.717, 1.165) is 23.1 Å². The molecule has 0 bridgehead atoms. The Labute approximate surface area is 123 Å². The van der Waals surface area contributed by atoms with Gasteiger partial charge in [-0.2, -0.15) is 0 Å². The lowest BCUT2D eigenvalue weighted by molar-refractivity contribution is 0.102. The number of nitrogens with zero attached hydrogens (tertiary/aromatic N) is 1. The summed E-state index contributed by atoms with van der Waals surface area (Å²) in [5, 5.41) is 3.26. The maximum atomic E-state index is 13.0. The zero-order valence-electron chi connectivity index (χ0n) is 10.3. The van der Waals surface area contributed by atoms with Gasteiger partial charge in [0, 0.05) is 6.42 Å². The van der Waals surface area contributed by atoms with Crippen LogP contribution in [-0.2, 0) is 17.8 Å². The molecule has 1 aliphatic heterocycles. The lowest BCUT2D eigenvalue weighted by Crippen LogP contribution is -2.12. The number of ether oxygens (including phenoxy) is 1. The van der Waals surface area contributed by atoms with Crippen molar-refractivity contribution in [3.05, 3.63) is 45.2 Å². The molecule has 2 aromatic rings. The number of hydrogen-bond donors (Lipinski definition) is 1. The molecule has 1 amide bonds. The molecule has 2 heterocycles. The normalized spacial score (nSPS) is 13.9. The maximum absolute atomic E-state index is 13.0. The number of hydrogen-bond acceptors (Lipinski definition) is 4. The second kappa shape index (κ2) is 5.47. The number of thiazole rings is 1. The van der Waals surface area contributed by atoms with Gasteiger partial charge in [-0.15, -0.1) is 0 Å². The number of amides is 1. The lowest BCUT2D eigenvalue weighted by atomic mass is 10.2. The summed E-state index contributed by atoms with van der Waals surface area (Å²) in [4.78, 5) is 17.5. The molecular weight excluding hydrogens is 303 g/mol. The van der Waals surface area contributed by atoms with E-state index in [1.807, 2.05) is 0 Å². The fourth-order valence-corrected chi connectivity index (χ4v) is 3.11. The third-order valence-corrected chi connectivity index (χ3v) is 4.19. The zero-order valence-corrected chi connectivity index (χ0v) is 11.9. The number of nitrogens with one attached hydrogen (secondary N) is 1. The van der Waals surface area contributed by atoms with Crippen molar-refractivity contribution < 1.29 is 13.9 Å². The highest BCUT2D eigenvalue weighted by Gasteiger charge is 2.18. The molecule has 3 rings (SSSR count). The Morgan fingerprint density at radius 1 is 1.50 bits per heavy atom. The molecule has 0 saturated carbocycles. The van der Waals surface area contributed by atoms with E-state index in [2.05, 4.69) is 10.3 Å². The van der Waals surface area contributed by atoms with Gasteiger partial charge in [0.15, 0.2) is 5.13 Å². The van der Waals surface area contributed by atoms with Crippen LogP contribution in [-0.4, -0.2) is 17.5 Å². The van der Waals surface area contributed by atoms with Gasteiger partial charge in [-0.3, -0.25) is 10.1 Å². The number of carbonyl (C=O) groups is 1. The average molecular weight is 313 g/mol. The van der Waals surface area contributed by atoms with Gasteiger partial charge in [-0.25, -0.2) is 9.37 Å². The van der Waals surface area contributed by atoms with E-state index >= 15 is 0 Å². The van der Waals surface area contributed by atoms with Crippen molar-refractivity contribution in [1.29, 1.82) is 0 Å². The fourth-order valence-electron chi connectivity index (χ4n) is 1.92. The topological polar surface area (TPSA) is 51.2 Å². The van der Waals surface area contributed by atoms with E-state index in [-0.39, 0.29) is 10.6 Å². The number of benzene rings is 1. The van der Waals surface area contributed by atoms with Gasteiger partial charge >= 0.3 is 0 Å². The molecule has 0 atom stereocenters. The van der Waals surface area contributed by atoms with Crippen LogP contribution in [0.1, 0.15) is 20.9 Å². The minimum absolute atomic E-state index is 0.0761. The largest absolute Gasteiger partial charge is 0.375 e. The first-order chi connectivity index (χ1) is 9.63. The van der Waals surface area contributed by atoms with Crippen LogP contribution in [0.3, 0.4) is 0 Å². The first-order valence-electron chi connectivity index (χ1n) is 5.96. The SMILES string of the molecule is O=C(Nc1nc2c(s1)COCC2)c1ccc(F)cc1Cl. The lowest BCUT2D eigenvalue weighted by Gasteiger charge is -2.08. The summed E-state index contributed by atoms with van der Waals surface area (Å²) >= 11 is 7.24. The van der Waals surface area contributed by atoms with E-state index in [4.69, 9.17) is 16.3 Å². The number of anilines is 1. The number of fused-ring (bicyclic) bond motifs is 1. The molecule has 7 heteroatoms.